The van der Waals surface area contributed by atoms with E-state index in [1.54, 1.807) is 6.20 Å². The second-order valence-electron chi connectivity index (χ2n) is 2.84. The van der Waals surface area contributed by atoms with Crippen molar-refractivity contribution in [2.45, 2.75) is 19.4 Å². The molecule has 0 saturated heterocycles. The Morgan fingerprint density at radius 3 is 3.00 bits per heavy atom. The first kappa shape index (κ1) is 11.1. The molecule has 78 valence electrons. The number of carbonyl (C=O) groups excluding carboxylic acids is 2. The van der Waals surface area contributed by atoms with Crippen LogP contribution in [-0.4, -0.2) is 35.7 Å². The normalized spacial score (nSPS) is 18.1. The monoisotopic (exact) mass is 215 g/mol. The van der Waals surface area contributed by atoms with Crippen molar-refractivity contribution in [3.8, 4) is 0 Å². The van der Waals surface area contributed by atoms with Crippen LogP contribution in [0.2, 0.25) is 0 Å². The topological polar surface area (TPSA) is 46.6 Å². The van der Waals surface area contributed by atoms with Gasteiger partial charge in [0.15, 0.2) is 0 Å². The highest BCUT2D eigenvalue weighted by Gasteiger charge is 2.28. The number of amides is 1. The van der Waals surface area contributed by atoms with E-state index in [2.05, 4.69) is 4.74 Å². The molecule has 0 saturated carbocycles. The van der Waals surface area contributed by atoms with Crippen molar-refractivity contribution in [3.63, 3.8) is 0 Å². The molecule has 0 aliphatic carbocycles. The minimum absolute atomic E-state index is 0.0465. The van der Waals surface area contributed by atoms with Gasteiger partial charge in [-0.2, -0.15) is 0 Å². The maximum Gasteiger partial charge on any atom is 0.328 e. The van der Waals surface area contributed by atoms with Gasteiger partial charge < -0.3 is 9.64 Å². The van der Waals surface area contributed by atoms with Gasteiger partial charge in [0.25, 0.3) is 0 Å². The van der Waals surface area contributed by atoms with Crippen LogP contribution in [0.4, 0.5) is 0 Å². The summed E-state index contributed by atoms with van der Waals surface area (Å²) in [6, 6.07) is -0.482. The van der Waals surface area contributed by atoms with Crippen LogP contribution >= 0.6 is 11.8 Å². The second-order valence-corrected chi connectivity index (χ2v) is 3.74. The third-order valence-electron chi connectivity index (χ3n) is 2.01. The molecule has 0 aromatic rings. The predicted molar refractivity (Wildman–Crippen MR) is 54.5 cm³/mol. The number of methoxy groups -OCH3 is 1. The molecule has 4 nitrogen and oxygen atoms in total. The van der Waals surface area contributed by atoms with E-state index in [1.165, 1.54) is 23.8 Å². The largest absolute Gasteiger partial charge is 0.467 e. The quantitative estimate of drug-likeness (QED) is 0.658. The zero-order valence-corrected chi connectivity index (χ0v) is 9.04. The number of thioether (sulfide) groups is 1. The molecule has 14 heavy (non-hydrogen) atoms. The molecule has 0 N–H and O–H groups in total. The van der Waals surface area contributed by atoms with Gasteiger partial charge in [-0.05, 0) is 11.8 Å². The SMILES string of the molecule is CCC(C(=O)OC)N1C=CSCC1=O. The van der Waals surface area contributed by atoms with Crippen molar-refractivity contribution >= 4 is 23.6 Å². The zero-order valence-electron chi connectivity index (χ0n) is 8.23. The molecule has 0 radical (unpaired) electrons. The van der Waals surface area contributed by atoms with Gasteiger partial charge in [0.1, 0.15) is 6.04 Å². The van der Waals surface area contributed by atoms with Crippen LogP contribution in [0.1, 0.15) is 13.3 Å². The highest BCUT2D eigenvalue weighted by Crippen LogP contribution is 2.17. The maximum absolute atomic E-state index is 11.5. The van der Waals surface area contributed by atoms with Crippen LogP contribution in [0, 0.1) is 0 Å². The molecule has 1 heterocycles. The lowest BCUT2D eigenvalue weighted by Crippen LogP contribution is -2.43. The summed E-state index contributed by atoms with van der Waals surface area (Å²) in [6.45, 7) is 1.85. The zero-order chi connectivity index (χ0) is 10.6. The van der Waals surface area contributed by atoms with Gasteiger partial charge in [-0.3, -0.25) is 4.79 Å². The van der Waals surface area contributed by atoms with E-state index >= 15 is 0 Å². The fourth-order valence-corrected chi connectivity index (χ4v) is 1.88. The predicted octanol–water partition coefficient (Wildman–Crippen LogP) is 0.985. The molecular formula is C9H13NO3S. The summed E-state index contributed by atoms with van der Waals surface area (Å²) in [6.07, 6.45) is 2.20. The Bertz CT molecular complexity index is 265. The molecule has 0 spiro atoms. The molecule has 1 amide bonds. The molecule has 0 bridgehead atoms. The van der Waals surface area contributed by atoms with Crippen LogP contribution in [0.5, 0.6) is 0 Å². The summed E-state index contributed by atoms with van der Waals surface area (Å²) in [7, 11) is 1.33. The maximum atomic E-state index is 11.5. The van der Waals surface area contributed by atoms with Crippen molar-refractivity contribution in [1.82, 2.24) is 4.90 Å². The summed E-state index contributed by atoms with van der Waals surface area (Å²) < 4.78 is 4.63. The minimum atomic E-state index is -0.482. The van der Waals surface area contributed by atoms with Crippen LogP contribution in [0.15, 0.2) is 11.6 Å². The van der Waals surface area contributed by atoms with Gasteiger partial charge in [-0.15, -0.1) is 11.8 Å². The van der Waals surface area contributed by atoms with Gasteiger partial charge in [0.05, 0.1) is 12.9 Å². The molecule has 0 aromatic heterocycles. The fourth-order valence-electron chi connectivity index (χ4n) is 1.28. The van der Waals surface area contributed by atoms with E-state index in [4.69, 9.17) is 0 Å². The van der Waals surface area contributed by atoms with Crippen molar-refractivity contribution < 1.29 is 14.3 Å². The van der Waals surface area contributed by atoms with Crippen LogP contribution in [0.3, 0.4) is 0 Å². The summed E-state index contributed by atoms with van der Waals surface area (Å²) in [4.78, 5) is 24.2. The van der Waals surface area contributed by atoms with Crippen LogP contribution in [-0.2, 0) is 14.3 Å². The van der Waals surface area contributed by atoms with Crippen molar-refractivity contribution in [3.05, 3.63) is 11.6 Å². The van der Waals surface area contributed by atoms with Gasteiger partial charge in [-0.25, -0.2) is 4.79 Å². The molecule has 0 aromatic carbocycles. The van der Waals surface area contributed by atoms with E-state index in [1.807, 2.05) is 12.3 Å². The Hall–Kier alpha value is -0.970. The standard InChI is InChI=1S/C9H13NO3S/c1-3-7(9(12)13-2)10-4-5-14-6-8(10)11/h4-5,7H,3,6H2,1-2H3. The number of hydrogen-bond donors (Lipinski definition) is 0. The molecule has 1 rings (SSSR count). The average Bonchev–Trinajstić information content (AvgIpc) is 2.21. The molecule has 1 aliphatic rings. The first-order valence-corrected chi connectivity index (χ1v) is 5.42. The third kappa shape index (κ3) is 2.29. The number of nitrogens with zero attached hydrogens (tertiary/aromatic N) is 1. The number of rotatable bonds is 3. The Labute approximate surface area is 87.3 Å². The Kier molecular flexibility index (Phi) is 4.00. The number of hydrogen-bond acceptors (Lipinski definition) is 4. The lowest BCUT2D eigenvalue weighted by atomic mass is 10.2. The van der Waals surface area contributed by atoms with Gasteiger partial charge in [-0.1, -0.05) is 6.92 Å². The van der Waals surface area contributed by atoms with E-state index in [0.29, 0.717) is 12.2 Å². The summed E-state index contributed by atoms with van der Waals surface area (Å²) >= 11 is 1.43. The molecule has 5 heteroatoms. The van der Waals surface area contributed by atoms with E-state index in [9.17, 15) is 9.59 Å². The van der Waals surface area contributed by atoms with E-state index in [-0.39, 0.29) is 11.9 Å². The van der Waals surface area contributed by atoms with Crippen molar-refractivity contribution in [1.29, 1.82) is 0 Å². The third-order valence-corrected chi connectivity index (χ3v) is 2.74. The highest BCUT2D eigenvalue weighted by molar-refractivity contribution is 8.02. The average molecular weight is 215 g/mol. The molecule has 1 atom stereocenters. The first-order chi connectivity index (χ1) is 6.70. The van der Waals surface area contributed by atoms with Gasteiger partial charge >= 0.3 is 5.97 Å². The van der Waals surface area contributed by atoms with Gasteiger partial charge in [0, 0.05) is 6.20 Å². The fraction of sp³-hybridized carbons (Fsp3) is 0.556. The van der Waals surface area contributed by atoms with Crippen LogP contribution in [0.25, 0.3) is 0 Å². The number of esters is 1. The number of ether oxygens (including phenoxy) is 1. The Morgan fingerprint density at radius 2 is 2.50 bits per heavy atom. The molecule has 0 fully saturated rings. The van der Waals surface area contributed by atoms with Crippen molar-refractivity contribution in [2.24, 2.45) is 0 Å². The van der Waals surface area contributed by atoms with Crippen molar-refractivity contribution in [2.75, 3.05) is 12.9 Å². The van der Waals surface area contributed by atoms with E-state index in [0.717, 1.165) is 0 Å². The highest BCUT2D eigenvalue weighted by atomic mass is 32.2. The lowest BCUT2D eigenvalue weighted by molar-refractivity contribution is -0.150. The summed E-state index contributed by atoms with van der Waals surface area (Å²) in [5.74, 6) is -0.0172. The summed E-state index contributed by atoms with van der Waals surface area (Å²) in [5, 5.41) is 1.81. The molecular weight excluding hydrogens is 202 g/mol. The second kappa shape index (κ2) is 5.05. The molecule has 1 unspecified atom stereocenters. The number of carbonyl (C=O) groups is 2. The smallest absolute Gasteiger partial charge is 0.328 e. The Morgan fingerprint density at radius 1 is 1.79 bits per heavy atom. The Balaban J connectivity index is 2.77. The minimum Gasteiger partial charge on any atom is -0.467 e. The van der Waals surface area contributed by atoms with Crippen LogP contribution < -0.4 is 0 Å². The molecule has 1 aliphatic heterocycles. The van der Waals surface area contributed by atoms with E-state index < -0.39 is 6.04 Å². The first-order valence-electron chi connectivity index (χ1n) is 4.38. The lowest BCUT2D eigenvalue weighted by Gasteiger charge is -2.27. The summed E-state index contributed by atoms with van der Waals surface area (Å²) in [5.41, 5.74) is 0. The van der Waals surface area contributed by atoms with Gasteiger partial charge in [0.2, 0.25) is 5.91 Å².